The first-order valence-corrected chi connectivity index (χ1v) is 5.78. The largest absolute Gasteiger partial charge is 0.508 e. The van der Waals surface area contributed by atoms with E-state index in [-0.39, 0.29) is 11.7 Å². The second kappa shape index (κ2) is 5.87. The summed E-state index contributed by atoms with van der Waals surface area (Å²) < 4.78 is 5.12. The quantitative estimate of drug-likeness (QED) is 0.662. The van der Waals surface area contributed by atoms with Gasteiger partial charge in [0.1, 0.15) is 11.5 Å². The summed E-state index contributed by atoms with van der Waals surface area (Å²) in [5.41, 5.74) is 1.10. The Bertz CT molecular complexity index is 520. The highest BCUT2D eigenvalue weighted by molar-refractivity contribution is 5.72. The number of hydrogen-bond donors (Lipinski definition) is 1. The maximum atomic E-state index is 11.6. The molecular weight excluding hydrogens is 228 g/mol. The minimum absolute atomic E-state index is 0.0864. The molecule has 0 aromatic heterocycles. The minimum Gasteiger partial charge on any atom is -0.508 e. The Kier molecular flexibility index (Phi) is 3.97. The smallest absolute Gasteiger partial charge is 0.311 e. The Hall–Kier alpha value is -2.29. The average molecular weight is 242 g/mol. The summed E-state index contributed by atoms with van der Waals surface area (Å²) in [7, 11) is 0. The van der Waals surface area contributed by atoms with Crippen molar-refractivity contribution >= 4 is 5.97 Å². The van der Waals surface area contributed by atoms with Crippen molar-refractivity contribution in [1.29, 1.82) is 0 Å². The molecule has 0 radical (unpaired) electrons. The number of hydrogen-bond acceptors (Lipinski definition) is 3. The lowest BCUT2D eigenvalue weighted by Gasteiger charge is -2.04. The van der Waals surface area contributed by atoms with E-state index in [4.69, 9.17) is 4.74 Å². The van der Waals surface area contributed by atoms with Crippen LogP contribution in [0.15, 0.2) is 54.6 Å². The summed E-state index contributed by atoms with van der Waals surface area (Å²) in [6.07, 6.45) is 0.970. The normalized spacial score (nSPS) is 10.0. The van der Waals surface area contributed by atoms with E-state index >= 15 is 0 Å². The van der Waals surface area contributed by atoms with Crippen LogP contribution in [0.2, 0.25) is 0 Å². The molecular formula is C15H14O3. The van der Waals surface area contributed by atoms with Gasteiger partial charge in [0.25, 0.3) is 0 Å². The van der Waals surface area contributed by atoms with Gasteiger partial charge in [0.2, 0.25) is 0 Å². The third-order valence-electron chi connectivity index (χ3n) is 2.51. The van der Waals surface area contributed by atoms with Gasteiger partial charge in [-0.05, 0) is 24.1 Å². The number of benzene rings is 2. The summed E-state index contributed by atoms with van der Waals surface area (Å²) in [4.78, 5) is 11.6. The Morgan fingerprint density at radius 2 is 1.83 bits per heavy atom. The van der Waals surface area contributed by atoms with Crippen molar-refractivity contribution in [1.82, 2.24) is 0 Å². The van der Waals surface area contributed by atoms with E-state index in [0.717, 1.165) is 5.56 Å². The van der Waals surface area contributed by atoms with E-state index in [9.17, 15) is 9.90 Å². The minimum atomic E-state index is -0.301. The molecule has 3 nitrogen and oxygen atoms in total. The lowest BCUT2D eigenvalue weighted by atomic mass is 10.1. The van der Waals surface area contributed by atoms with Gasteiger partial charge in [0.05, 0.1) is 0 Å². The topological polar surface area (TPSA) is 46.5 Å². The van der Waals surface area contributed by atoms with Crippen molar-refractivity contribution in [2.24, 2.45) is 0 Å². The van der Waals surface area contributed by atoms with Crippen molar-refractivity contribution in [2.45, 2.75) is 12.8 Å². The fraction of sp³-hybridized carbons (Fsp3) is 0.133. The highest BCUT2D eigenvalue weighted by Crippen LogP contribution is 2.18. The third-order valence-corrected chi connectivity index (χ3v) is 2.51. The molecule has 2 aromatic carbocycles. The second-order valence-corrected chi connectivity index (χ2v) is 3.96. The van der Waals surface area contributed by atoms with Gasteiger partial charge in [-0.1, -0.05) is 36.4 Å². The van der Waals surface area contributed by atoms with Crippen LogP contribution in [0.3, 0.4) is 0 Å². The van der Waals surface area contributed by atoms with E-state index in [1.54, 1.807) is 12.1 Å². The fourth-order valence-corrected chi connectivity index (χ4v) is 1.62. The van der Waals surface area contributed by atoms with Gasteiger partial charge in [0.15, 0.2) is 0 Å². The molecule has 1 N–H and O–H groups in total. The molecule has 2 rings (SSSR count). The van der Waals surface area contributed by atoms with E-state index in [1.165, 1.54) is 12.1 Å². The molecule has 0 saturated carbocycles. The molecule has 0 aliphatic rings. The zero-order valence-electron chi connectivity index (χ0n) is 9.87. The van der Waals surface area contributed by atoms with Gasteiger partial charge in [-0.25, -0.2) is 0 Å². The lowest BCUT2D eigenvalue weighted by molar-refractivity contribution is -0.134. The Morgan fingerprint density at radius 1 is 1.06 bits per heavy atom. The Morgan fingerprint density at radius 3 is 2.56 bits per heavy atom. The molecule has 3 heteroatoms. The summed E-state index contributed by atoms with van der Waals surface area (Å²) in [6, 6.07) is 16.0. The highest BCUT2D eigenvalue weighted by Gasteiger charge is 2.05. The first-order valence-electron chi connectivity index (χ1n) is 5.78. The first kappa shape index (κ1) is 12.2. The summed E-state index contributed by atoms with van der Waals surface area (Å²) in [6.45, 7) is 0. The van der Waals surface area contributed by atoms with Crippen LogP contribution < -0.4 is 4.74 Å². The predicted octanol–water partition coefficient (Wildman–Crippen LogP) is 2.93. The SMILES string of the molecule is O=C(CCc1ccccc1)Oc1cccc(O)c1. The lowest BCUT2D eigenvalue weighted by Crippen LogP contribution is -2.08. The standard InChI is InChI=1S/C15H14O3/c16-13-7-4-8-14(11-13)18-15(17)10-9-12-5-2-1-3-6-12/h1-8,11,16H,9-10H2. The van der Waals surface area contributed by atoms with Crippen LogP contribution in [0, 0.1) is 0 Å². The van der Waals surface area contributed by atoms with Crippen LogP contribution in [-0.2, 0) is 11.2 Å². The summed E-state index contributed by atoms with van der Waals surface area (Å²) in [5.74, 6) is 0.154. The molecule has 92 valence electrons. The molecule has 0 heterocycles. The molecule has 0 aliphatic carbocycles. The van der Waals surface area contributed by atoms with Gasteiger partial charge in [-0.2, -0.15) is 0 Å². The van der Waals surface area contributed by atoms with Gasteiger partial charge in [0, 0.05) is 12.5 Å². The molecule has 0 atom stereocenters. The van der Waals surface area contributed by atoms with E-state index in [0.29, 0.717) is 18.6 Å². The average Bonchev–Trinajstić information content (AvgIpc) is 2.38. The number of esters is 1. The van der Waals surface area contributed by atoms with Crippen LogP contribution in [0.4, 0.5) is 0 Å². The maximum Gasteiger partial charge on any atom is 0.311 e. The van der Waals surface area contributed by atoms with Crippen molar-refractivity contribution in [3.05, 3.63) is 60.2 Å². The molecule has 0 fully saturated rings. The van der Waals surface area contributed by atoms with Gasteiger partial charge in [-0.15, -0.1) is 0 Å². The van der Waals surface area contributed by atoms with Gasteiger partial charge >= 0.3 is 5.97 Å². The first-order chi connectivity index (χ1) is 8.74. The van der Waals surface area contributed by atoms with E-state index in [1.807, 2.05) is 30.3 Å². The Balaban J connectivity index is 1.86. The van der Waals surface area contributed by atoms with Crippen LogP contribution in [0.5, 0.6) is 11.5 Å². The summed E-state index contributed by atoms with van der Waals surface area (Å²) in [5, 5.41) is 9.24. The fourth-order valence-electron chi connectivity index (χ4n) is 1.62. The predicted molar refractivity (Wildman–Crippen MR) is 68.5 cm³/mol. The van der Waals surface area contributed by atoms with E-state index in [2.05, 4.69) is 0 Å². The van der Waals surface area contributed by atoms with Crippen molar-refractivity contribution < 1.29 is 14.6 Å². The van der Waals surface area contributed by atoms with Crippen molar-refractivity contribution in [3.63, 3.8) is 0 Å². The van der Waals surface area contributed by atoms with Crippen LogP contribution >= 0.6 is 0 Å². The van der Waals surface area contributed by atoms with Gasteiger partial charge < -0.3 is 9.84 Å². The van der Waals surface area contributed by atoms with Crippen LogP contribution in [0.25, 0.3) is 0 Å². The number of aryl methyl sites for hydroxylation is 1. The number of ether oxygens (including phenoxy) is 1. The molecule has 2 aromatic rings. The number of phenols is 1. The number of carbonyl (C=O) groups excluding carboxylic acids is 1. The third kappa shape index (κ3) is 3.63. The second-order valence-electron chi connectivity index (χ2n) is 3.96. The molecule has 0 saturated heterocycles. The molecule has 0 bridgehead atoms. The van der Waals surface area contributed by atoms with Crippen LogP contribution in [0.1, 0.15) is 12.0 Å². The zero-order valence-corrected chi connectivity index (χ0v) is 9.87. The van der Waals surface area contributed by atoms with E-state index < -0.39 is 0 Å². The molecule has 18 heavy (non-hydrogen) atoms. The monoisotopic (exact) mass is 242 g/mol. The number of phenolic OH excluding ortho intramolecular Hbond substituents is 1. The number of carbonyl (C=O) groups is 1. The van der Waals surface area contributed by atoms with Crippen molar-refractivity contribution in [3.8, 4) is 11.5 Å². The molecule has 0 aliphatic heterocycles. The van der Waals surface area contributed by atoms with Crippen LogP contribution in [-0.4, -0.2) is 11.1 Å². The molecule has 0 amide bonds. The maximum absolute atomic E-state index is 11.6. The number of aromatic hydroxyl groups is 1. The van der Waals surface area contributed by atoms with Gasteiger partial charge in [-0.3, -0.25) is 4.79 Å². The number of rotatable bonds is 4. The zero-order chi connectivity index (χ0) is 12.8. The Labute approximate surface area is 106 Å². The summed E-state index contributed by atoms with van der Waals surface area (Å²) >= 11 is 0. The molecule has 0 spiro atoms. The van der Waals surface area contributed by atoms with Crippen molar-refractivity contribution in [2.75, 3.05) is 0 Å². The highest BCUT2D eigenvalue weighted by atomic mass is 16.5. The molecule has 0 unspecified atom stereocenters.